The molecule has 104 valence electrons. The van der Waals surface area contributed by atoms with Crippen LogP contribution in [0.2, 0.25) is 0 Å². The highest BCUT2D eigenvalue weighted by Crippen LogP contribution is 2.42. The van der Waals surface area contributed by atoms with Gasteiger partial charge in [-0.1, -0.05) is 18.2 Å². The largest absolute Gasteiger partial charge is 0.476 e. The van der Waals surface area contributed by atoms with Crippen LogP contribution in [0.3, 0.4) is 0 Å². The number of aromatic nitrogens is 2. The highest BCUT2D eigenvalue weighted by Gasteiger charge is 2.38. The van der Waals surface area contributed by atoms with Crippen LogP contribution in [0.25, 0.3) is 10.9 Å². The van der Waals surface area contributed by atoms with E-state index in [1.54, 1.807) is 0 Å². The first kappa shape index (κ1) is 12.8. The van der Waals surface area contributed by atoms with Crippen molar-refractivity contribution in [3.63, 3.8) is 0 Å². The maximum atomic E-state index is 11.4. The quantitative estimate of drug-likeness (QED) is 0.894. The number of benzene rings is 1. The number of carboxylic acid groups (broad SMARTS) is 1. The van der Waals surface area contributed by atoms with E-state index >= 15 is 0 Å². The molecule has 1 aliphatic carbocycles. The monoisotopic (exact) mass is 271 g/mol. The lowest BCUT2D eigenvalue weighted by atomic mass is 9.97. The first-order valence-electron chi connectivity index (χ1n) is 6.76. The first-order valence-corrected chi connectivity index (χ1v) is 6.76. The van der Waals surface area contributed by atoms with Crippen molar-refractivity contribution in [3.8, 4) is 0 Å². The van der Waals surface area contributed by atoms with E-state index in [1.807, 2.05) is 24.3 Å². The standard InChI is InChI=1S/C15H17N3O2/c1-15(2,9-7-8-9)16-12-10-5-3-4-6-11(10)17-18-13(12)14(19)20/h3-6,9H,7-8H2,1-2H3,(H,16,17)(H,19,20). The molecule has 0 saturated heterocycles. The second kappa shape index (κ2) is 4.44. The minimum atomic E-state index is -1.06. The Labute approximate surface area is 117 Å². The Balaban J connectivity index is 2.14. The van der Waals surface area contributed by atoms with E-state index < -0.39 is 5.97 Å². The van der Waals surface area contributed by atoms with Gasteiger partial charge in [0.25, 0.3) is 0 Å². The Morgan fingerprint density at radius 3 is 2.65 bits per heavy atom. The summed E-state index contributed by atoms with van der Waals surface area (Å²) in [5, 5.41) is 21.4. The number of nitrogens with zero attached hydrogens (tertiary/aromatic N) is 2. The highest BCUT2D eigenvalue weighted by molar-refractivity contribution is 6.02. The molecule has 1 aliphatic rings. The van der Waals surface area contributed by atoms with Crippen LogP contribution in [-0.2, 0) is 0 Å². The van der Waals surface area contributed by atoms with Crippen LogP contribution in [0.15, 0.2) is 24.3 Å². The van der Waals surface area contributed by atoms with Crippen LogP contribution in [0.4, 0.5) is 5.69 Å². The van der Waals surface area contributed by atoms with Crippen LogP contribution in [0.5, 0.6) is 0 Å². The summed E-state index contributed by atoms with van der Waals surface area (Å²) in [5.41, 5.74) is 1.11. The van der Waals surface area contributed by atoms with Gasteiger partial charge in [0, 0.05) is 10.9 Å². The molecule has 2 N–H and O–H groups in total. The van der Waals surface area contributed by atoms with E-state index in [0.717, 1.165) is 5.39 Å². The highest BCUT2D eigenvalue weighted by atomic mass is 16.4. The number of anilines is 1. The zero-order valence-corrected chi connectivity index (χ0v) is 11.6. The molecule has 5 nitrogen and oxygen atoms in total. The summed E-state index contributed by atoms with van der Waals surface area (Å²) in [6.45, 7) is 4.21. The van der Waals surface area contributed by atoms with Gasteiger partial charge in [0.05, 0.1) is 11.2 Å². The summed E-state index contributed by atoms with van der Waals surface area (Å²) in [7, 11) is 0. The van der Waals surface area contributed by atoms with Crippen LogP contribution in [-0.4, -0.2) is 26.8 Å². The fourth-order valence-electron chi connectivity index (χ4n) is 2.56. The zero-order valence-electron chi connectivity index (χ0n) is 11.6. The van der Waals surface area contributed by atoms with Crippen LogP contribution < -0.4 is 5.32 Å². The van der Waals surface area contributed by atoms with Crippen molar-refractivity contribution in [2.24, 2.45) is 5.92 Å². The lowest BCUT2D eigenvalue weighted by Gasteiger charge is -2.28. The molecule has 5 heteroatoms. The minimum Gasteiger partial charge on any atom is -0.476 e. The zero-order chi connectivity index (χ0) is 14.3. The molecule has 1 saturated carbocycles. The molecule has 0 spiro atoms. The summed E-state index contributed by atoms with van der Waals surface area (Å²) in [6.07, 6.45) is 2.36. The van der Waals surface area contributed by atoms with Gasteiger partial charge in [-0.25, -0.2) is 4.79 Å². The predicted molar refractivity (Wildman–Crippen MR) is 76.9 cm³/mol. The molecule has 1 fully saturated rings. The van der Waals surface area contributed by atoms with E-state index in [4.69, 9.17) is 0 Å². The maximum absolute atomic E-state index is 11.4. The van der Waals surface area contributed by atoms with Crippen molar-refractivity contribution in [1.82, 2.24) is 10.2 Å². The van der Waals surface area contributed by atoms with Gasteiger partial charge in [-0.2, -0.15) is 0 Å². The van der Waals surface area contributed by atoms with E-state index in [0.29, 0.717) is 17.1 Å². The lowest BCUT2D eigenvalue weighted by molar-refractivity contribution is 0.0690. The second-order valence-corrected chi connectivity index (χ2v) is 5.87. The normalized spacial score (nSPS) is 15.3. The molecule has 20 heavy (non-hydrogen) atoms. The molecule has 0 unspecified atom stereocenters. The Hall–Kier alpha value is -2.17. The summed E-state index contributed by atoms with van der Waals surface area (Å²) in [5.74, 6) is -0.478. The van der Waals surface area contributed by atoms with E-state index in [-0.39, 0.29) is 11.2 Å². The number of hydrogen-bond donors (Lipinski definition) is 2. The van der Waals surface area contributed by atoms with Gasteiger partial charge in [0.2, 0.25) is 0 Å². The predicted octanol–water partition coefficient (Wildman–Crippen LogP) is 2.93. The molecule has 1 aromatic carbocycles. The number of fused-ring (bicyclic) bond motifs is 1. The molecule has 1 heterocycles. The summed E-state index contributed by atoms with van der Waals surface area (Å²) in [4.78, 5) is 11.4. The summed E-state index contributed by atoms with van der Waals surface area (Å²) >= 11 is 0. The van der Waals surface area contributed by atoms with Gasteiger partial charge >= 0.3 is 5.97 Å². The third kappa shape index (κ3) is 2.19. The van der Waals surface area contributed by atoms with Crippen molar-refractivity contribution in [2.75, 3.05) is 5.32 Å². The fraction of sp³-hybridized carbons (Fsp3) is 0.400. The van der Waals surface area contributed by atoms with Gasteiger partial charge in [-0.05, 0) is 38.7 Å². The van der Waals surface area contributed by atoms with E-state index in [1.165, 1.54) is 12.8 Å². The van der Waals surface area contributed by atoms with Crippen molar-refractivity contribution in [1.29, 1.82) is 0 Å². The van der Waals surface area contributed by atoms with Crippen LogP contribution in [0, 0.1) is 5.92 Å². The van der Waals surface area contributed by atoms with Crippen molar-refractivity contribution in [3.05, 3.63) is 30.0 Å². The Kier molecular flexibility index (Phi) is 2.85. The average Bonchev–Trinajstić information content (AvgIpc) is 3.23. The van der Waals surface area contributed by atoms with Gasteiger partial charge < -0.3 is 10.4 Å². The number of carboxylic acids is 1. The van der Waals surface area contributed by atoms with Crippen molar-refractivity contribution >= 4 is 22.6 Å². The van der Waals surface area contributed by atoms with Crippen LogP contribution in [0.1, 0.15) is 37.2 Å². The number of rotatable bonds is 4. The van der Waals surface area contributed by atoms with Crippen molar-refractivity contribution < 1.29 is 9.90 Å². The number of hydrogen-bond acceptors (Lipinski definition) is 4. The molecule has 0 aliphatic heterocycles. The van der Waals surface area contributed by atoms with E-state index in [2.05, 4.69) is 29.4 Å². The molecule has 3 rings (SSSR count). The topological polar surface area (TPSA) is 75.1 Å². The number of aromatic carboxylic acids is 1. The SMILES string of the molecule is CC(C)(Nc1c(C(=O)O)nnc2ccccc12)C1CC1. The van der Waals surface area contributed by atoms with Gasteiger partial charge in [-0.3, -0.25) is 0 Å². The molecular formula is C15H17N3O2. The van der Waals surface area contributed by atoms with Gasteiger partial charge in [-0.15, -0.1) is 10.2 Å². The molecule has 0 atom stereocenters. The first-order chi connectivity index (χ1) is 9.49. The summed E-state index contributed by atoms with van der Waals surface area (Å²) in [6, 6.07) is 7.46. The fourth-order valence-corrected chi connectivity index (χ4v) is 2.56. The Morgan fingerprint density at radius 1 is 1.30 bits per heavy atom. The molecule has 0 amide bonds. The maximum Gasteiger partial charge on any atom is 0.358 e. The average molecular weight is 271 g/mol. The van der Waals surface area contributed by atoms with Gasteiger partial charge in [0.15, 0.2) is 5.69 Å². The minimum absolute atomic E-state index is 0.0163. The summed E-state index contributed by atoms with van der Waals surface area (Å²) < 4.78 is 0. The number of nitrogens with one attached hydrogen (secondary N) is 1. The molecule has 0 bridgehead atoms. The Morgan fingerprint density at radius 2 is 2.00 bits per heavy atom. The third-order valence-electron chi connectivity index (χ3n) is 3.92. The van der Waals surface area contributed by atoms with Gasteiger partial charge in [0.1, 0.15) is 0 Å². The second-order valence-electron chi connectivity index (χ2n) is 5.87. The molecule has 2 aromatic rings. The lowest BCUT2D eigenvalue weighted by Crippen LogP contribution is -2.34. The smallest absolute Gasteiger partial charge is 0.358 e. The Bertz CT molecular complexity index is 678. The van der Waals surface area contributed by atoms with Crippen molar-refractivity contribution in [2.45, 2.75) is 32.2 Å². The number of carbonyl (C=O) groups is 1. The molecule has 0 radical (unpaired) electrons. The van der Waals surface area contributed by atoms with E-state index in [9.17, 15) is 9.90 Å². The van der Waals surface area contributed by atoms with Crippen LogP contribution >= 0.6 is 0 Å². The third-order valence-corrected chi connectivity index (χ3v) is 3.92. The molecule has 1 aromatic heterocycles. The molecular weight excluding hydrogens is 254 g/mol.